The van der Waals surface area contributed by atoms with Crippen LogP contribution in [0.2, 0.25) is 0 Å². The lowest BCUT2D eigenvalue weighted by atomic mass is 10.0. The molecule has 80 valence electrons. The molecule has 0 aliphatic heterocycles. The molecule has 0 saturated carbocycles. The number of fused-ring (bicyclic) bond motifs is 1. The Kier molecular flexibility index (Phi) is 3.47. The summed E-state index contributed by atoms with van der Waals surface area (Å²) in [7, 11) is 0. The van der Waals surface area contributed by atoms with Gasteiger partial charge < -0.3 is 0 Å². The number of hydrogen-bond donors (Lipinski definition) is 0. The molecule has 2 aromatic rings. The summed E-state index contributed by atoms with van der Waals surface area (Å²) in [5.74, 6) is 0.650. The Morgan fingerprint density at radius 3 is 2.67 bits per heavy atom. The van der Waals surface area contributed by atoms with Gasteiger partial charge in [-0.2, -0.15) is 0 Å². The minimum atomic E-state index is 0.595. The third-order valence-corrected chi connectivity index (χ3v) is 4.33. The fourth-order valence-corrected chi connectivity index (χ4v) is 3.54. The molecule has 0 aliphatic carbocycles. The van der Waals surface area contributed by atoms with Crippen LogP contribution < -0.4 is 0 Å². The molecule has 0 amide bonds. The van der Waals surface area contributed by atoms with Crippen LogP contribution in [-0.2, 0) is 0 Å². The van der Waals surface area contributed by atoms with E-state index in [1.165, 1.54) is 21.4 Å². The number of benzene rings is 1. The zero-order valence-corrected chi connectivity index (χ0v) is 11.4. The molecule has 1 aromatic heterocycles. The van der Waals surface area contributed by atoms with Crippen LogP contribution >= 0.6 is 27.3 Å². The highest BCUT2D eigenvalue weighted by Gasteiger charge is 2.11. The fourth-order valence-electron chi connectivity index (χ4n) is 1.85. The van der Waals surface area contributed by atoms with E-state index >= 15 is 0 Å². The third kappa shape index (κ3) is 2.61. The van der Waals surface area contributed by atoms with Crippen molar-refractivity contribution in [2.24, 2.45) is 0 Å². The first-order valence-corrected chi connectivity index (χ1v) is 7.02. The van der Waals surface area contributed by atoms with Crippen molar-refractivity contribution in [3.8, 4) is 0 Å². The summed E-state index contributed by atoms with van der Waals surface area (Å²) < 4.78 is 1.40. The van der Waals surface area contributed by atoms with E-state index in [0.29, 0.717) is 10.7 Å². The molecule has 0 fully saturated rings. The quantitative estimate of drug-likeness (QED) is 0.681. The average molecular weight is 283 g/mol. The van der Waals surface area contributed by atoms with Gasteiger partial charge in [-0.25, -0.2) is 0 Å². The lowest BCUT2D eigenvalue weighted by Crippen LogP contribution is -1.97. The smallest absolute Gasteiger partial charge is 0.0345 e. The van der Waals surface area contributed by atoms with E-state index in [-0.39, 0.29) is 0 Å². The molecule has 1 heterocycles. The Hall–Kier alpha value is -0.340. The van der Waals surface area contributed by atoms with E-state index in [0.717, 1.165) is 0 Å². The molecule has 0 saturated heterocycles. The van der Waals surface area contributed by atoms with Crippen LogP contribution in [0, 0.1) is 0 Å². The Bertz CT molecular complexity index is 411. The van der Waals surface area contributed by atoms with E-state index in [1.807, 2.05) is 11.3 Å². The number of hydrogen-bond acceptors (Lipinski definition) is 1. The Morgan fingerprint density at radius 1 is 1.27 bits per heavy atom. The van der Waals surface area contributed by atoms with Gasteiger partial charge >= 0.3 is 0 Å². The SMILES string of the molecule is CC(Br)CC(C)c1cc2ccccc2s1. The minimum absolute atomic E-state index is 0.595. The zero-order chi connectivity index (χ0) is 10.8. The minimum Gasteiger partial charge on any atom is -0.140 e. The van der Waals surface area contributed by atoms with Crippen LogP contribution in [0.15, 0.2) is 30.3 Å². The highest BCUT2D eigenvalue weighted by molar-refractivity contribution is 9.09. The number of alkyl halides is 1. The van der Waals surface area contributed by atoms with Gasteiger partial charge in [-0.1, -0.05) is 48.0 Å². The molecular formula is C13H15BrS. The maximum atomic E-state index is 3.62. The van der Waals surface area contributed by atoms with Crippen LogP contribution in [0.25, 0.3) is 10.1 Å². The first-order chi connectivity index (χ1) is 7.16. The van der Waals surface area contributed by atoms with E-state index in [1.54, 1.807) is 0 Å². The molecular weight excluding hydrogens is 268 g/mol. The van der Waals surface area contributed by atoms with Crippen molar-refractivity contribution in [3.63, 3.8) is 0 Å². The first-order valence-electron chi connectivity index (χ1n) is 5.29. The van der Waals surface area contributed by atoms with Crippen molar-refractivity contribution in [3.05, 3.63) is 35.2 Å². The van der Waals surface area contributed by atoms with Crippen molar-refractivity contribution >= 4 is 37.4 Å². The largest absolute Gasteiger partial charge is 0.140 e. The van der Waals surface area contributed by atoms with Gasteiger partial charge in [0.1, 0.15) is 0 Å². The summed E-state index contributed by atoms with van der Waals surface area (Å²) in [4.78, 5) is 2.10. The van der Waals surface area contributed by atoms with Gasteiger partial charge in [-0.3, -0.25) is 0 Å². The Morgan fingerprint density at radius 2 is 2.00 bits per heavy atom. The van der Waals surface area contributed by atoms with Crippen LogP contribution in [0.5, 0.6) is 0 Å². The van der Waals surface area contributed by atoms with Gasteiger partial charge in [-0.05, 0) is 29.9 Å². The van der Waals surface area contributed by atoms with Gasteiger partial charge in [0.15, 0.2) is 0 Å². The van der Waals surface area contributed by atoms with Gasteiger partial charge in [0.05, 0.1) is 0 Å². The second-order valence-electron chi connectivity index (χ2n) is 4.10. The van der Waals surface area contributed by atoms with Gasteiger partial charge in [0, 0.05) is 14.4 Å². The summed E-state index contributed by atoms with van der Waals surface area (Å²) in [6.07, 6.45) is 1.20. The number of thiophene rings is 1. The molecule has 0 spiro atoms. The molecule has 0 nitrogen and oxygen atoms in total. The molecule has 0 bridgehead atoms. The second kappa shape index (κ2) is 4.67. The van der Waals surface area contributed by atoms with Crippen molar-refractivity contribution in [2.45, 2.75) is 31.0 Å². The fraction of sp³-hybridized carbons (Fsp3) is 0.385. The summed E-state index contributed by atoms with van der Waals surface area (Å²) in [6.45, 7) is 4.52. The molecule has 0 radical (unpaired) electrons. The Balaban J connectivity index is 2.28. The van der Waals surface area contributed by atoms with Gasteiger partial charge in [0.25, 0.3) is 0 Å². The van der Waals surface area contributed by atoms with Crippen molar-refractivity contribution in [1.29, 1.82) is 0 Å². The highest BCUT2D eigenvalue weighted by Crippen LogP contribution is 2.33. The van der Waals surface area contributed by atoms with Crippen molar-refractivity contribution in [1.82, 2.24) is 0 Å². The molecule has 2 heteroatoms. The first kappa shape index (κ1) is 11.2. The normalized spacial score (nSPS) is 15.4. The monoisotopic (exact) mass is 282 g/mol. The summed E-state index contributed by atoms with van der Waals surface area (Å²) in [5, 5.41) is 1.38. The molecule has 0 N–H and O–H groups in total. The van der Waals surface area contributed by atoms with Crippen molar-refractivity contribution in [2.75, 3.05) is 0 Å². The third-order valence-electron chi connectivity index (χ3n) is 2.61. The molecule has 1 aromatic carbocycles. The predicted octanol–water partition coefficient (Wildman–Crippen LogP) is 5.18. The summed E-state index contributed by atoms with van der Waals surface area (Å²) in [6, 6.07) is 10.9. The van der Waals surface area contributed by atoms with Gasteiger partial charge in [0.2, 0.25) is 0 Å². The highest BCUT2D eigenvalue weighted by atomic mass is 79.9. The standard InChI is InChI=1S/C13H15BrS/c1-9(7-10(2)14)13-8-11-5-3-4-6-12(11)15-13/h3-6,8-10H,7H2,1-2H3. The lowest BCUT2D eigenvalue weighted by Gasteiger charge is -2.10. The van der Waals surface area contributed by atoms with E-state index < -0.39 is 0 Å². The van der Waals surface area contributed by atoms with Gasteiger partial charge in [-0.15, -0.1) is 11.3 Å². The van der Waals surface area contributed by atoms with E-state index in [4.69, 9.17) is 0 Å². The number of rotatable bonds is 3. The molecule has 0 aliphatic rings. The average Bonchev–Trinajstić information content (AvgIpc) is 2.59. The lowest BCUT2D eigenvalue weighted by molar-refractivity contribution is 0.693. The maximum Gasteiger partial charge on any atom is 0.0345 e. The molecule has 2 unspecified atom stereocenters. The predicted molar refractivity (Wildman–Crippen MR) is 73.2 cm³/mol. The van der Waals surface area contributed by atoms with Crippen LogP contribution in [-0.4, -0.2) is 4.83 Å². The molecule has 2 atom stereocenters. The summed E-state index contributed by atoms with van der Waals surface area (Å²) in [5.41, 5.74) is 0. The van der Waals surface area contributed by atoms with E-state index in [2.05, 4.69) is 60.1 Å². The van der Waals surface area contributed by atoms with Crippen LogP contribution in [0.3, 0.4) is 0 Å². The van der Waals surface area contributed by atoms with Crippen LogP contribution in [0.1, 0.15) is 31.1 Å². The zero-order valence-electron chi connectivity index (χ0n) is 9.03. The second-order valence-corrected chi connectivity index (χ2v) is 6.78. The maximum absolute atomic E-state index is 3.62. The topological polar surface area (TPSA) is 0 Å². The molecule has 15 heavy (non-hydrogen) atoms. The molecule has 2 rings (SSSR count). The summed E-state index contributed by atoms with van der Waals surface area (Å²) >= 11 is 5.55. The number of halogens is 1. The van der Waals surface area contributed by atoms with Crippen molar-refractivity contribution < 1.29 is 0 Å². The Labute approximate surface area is 103 Å². The van der Waals surface area contributed by atoms with E-state index in [9.17, 15) is 0 Å². The van der Waals surface area contributed by atoms with Crippen LogP contribution in [0.4, 0.5) is 0 Å².